The van der Waals surface area contributed by atoms with Gasteiger partial charge < -0.3 is 4.74 Å². The molecule has 7 heteroatoms. The lowest BCUT2D eigenvalue weighted by Crippen LogP contribution is -2.41. The van der Waals surface area contributed by atoms with Gasteiger partial charge >= 0.3 is 0 Å². The van der Waals surface area contributed by atoms with Gasteiger partial charge in [0, 0.05) is 19.7 Å². The van der Waals surface area contributed by atoms with Crippen LogP contribution in [0.15, 0.2) is 23.1 Å². The molecule has 0 radical (unpaired) electrons. The summed E-state index contributed by atoms with van der Waals surface area (Å²) in [7, 11) is -2.12. The van der Waals surface area contributed by atoms with Crippen LogP contribution in [0.4, 0.5) is 0 Å². The molecule has 1 aromatic carbocycles. The van der Waals surface area contributed by atoms with Crippen molar-refractivity contribution < 1.29 is 13.2 Å². The second-order valence-corrected chi connectivity index (χ2v) is 7.74. The smallest absolute Gasteiger partial charge is 0.243 e. The molecule has 0 heterocycles. The molecule has 1 aromatic rings. The minimum absolute atomic E-state index is 0.0745. The number of benzene rings is 1. The first-order chi connectivity index (χ1) is 10.4. The Morgan fingerprint density at radius 3 is 2.68 bits per heavy atom. The second-order valence-electron chi connectivity index (χ2n) is 5.44. The number of ether oxygens (including phenoxy) is 1. The largest absolute Gasteiger partial charge is 0.383 e. The van der Waals surface area contributed by atoms with E-state index in [0.717, 1.165) is 12.8 Å². The maximum absolute atomic E-state index is 12.9. The van der Waals surface area contributed by atoms with Gasteiger partial charge in [-0.2, -0.15) is 9.57 Å². The van der Waals surface area contributed by atoms with Crippen molar-refractivity contribution in [2.45, 2.75) is 30.7 Å². The standard InChI is InChI=1S/C15H19ClN2O3S/c1-11(12-3-4-12)18(7-8-21-2)22(19,20)14-6-5-13(10-17)15(16)9-14/h5-6,9,11-12H,3-4,7-8H2,1-2H3/t11-/m1/s1. The van der Waals surface area contributed by atoms with Crippen LogP contribution < -0.4 is 0 Å². The molecule has 1 aliphatic rings. The Hall–Kier alpha value is -1.13. The molecule has 1 aliphatic carbocycles. The highest BCUT2D eigenvalue weighted by molar-refractivity contribution is 7.89. The minimum atomic E-state index is -3.67. The molecule has 0 bridgehead atoms. The molecule has 2 rings (SSSR count). The highest BCUT2D eigenvalue weighted by atomic mass is 35.5. The van der Waals surface area contributed by atoms with Crippen molar-refractivity contribution in [1.29, 1.82) is 5.26 Å². The number of rotatable bonds is 7. The summed E-state index contributed by atoms with van der Waals surface area (Å²) < 4.78 is 32.3. The molecule has 0 unspecified atom stereocenters. The maximum Gasteiger partial charge on any atom is 0.243 e. The summed E-state index contributed by atoms with van der Waals surface area (Å²) >= 11 is 5.97. The van der Waals surface area contributed by atoms with Crippen LogP contribution >= 0.6 is 11.6 Å². The van der Waals surface area contributed by atoms with Crippen molar-refractivity contribution in [3.63, 3.8) is 0 Å². The summed E-state index contributed by atoms with van der Waals surface area (Å²) in [4.78, 5) is 0.111. The molecular formula is C15H19ClN2O3S. The highest BCUT2D eigenvalue weighted by Crippen LogP contribution is 2.37. The first kappa shape index (κ1) is 17.2. The van der Waals surface area contributed by atoms with Crippen LogP contribution in [0.5, 0.6) is 0 Å². The average Bonchev–Trinajstić information content (AvgIpc) is 3.31. The molecule has 1 atom stereocenters. The average molecular weight is 343 g/mol. The van der Waals surface area contributed by atoms with E-state index in [9.17, 15) is 8.42 Å². The molecule has 1 fully saturated rings. The van der Waals surface area contributed by atoms with Crippen LogP contribution in [0.25, 0.3) is 0 Å². The van der Waals surface area contributed by atoms with Crippen molar-refractivity contribution in [3.8, 4) is 6.07 Å². The number of halogens is 1. The van der Waals surface area contributed by atoms with Crippen LogP contribution in [0.3, 0.4) is 0 Å². The van der Waals surface area contributed by atoms with E-state index in [1.54, 1.807) is 7.11 Å². The number of hydrogen-bond acceptors (Lipinski definition) is 4. The number of nitriles is 1. The first-order valence-corrected chi connectivity index (χ1v) is 8.94. The van der Waals surface area contributed by atoms with Crippen LogP contribution in [0.2, 0.25) is 5.02 Å². The van der Waals surface area contributed by atoms with Gasteiger partial charge in [-0.25, -0.2) is 8.42 Å². The Kier molecular flexibility index (Phi) is 5.45. The Bertz CT molecular complexity index is 681. The summed E-state index contributed by atoms with van der Waals surface area (Å²) in [6.45, 7) is 2.56. The first-order valence-electron chi connectivity index (χ1n) is 7.12. The molecule has 0 N–H and O–H groups in total. The molecule has 22 heavy (non-hydrogen) atoms. The van der Waals surface area contributed by atoms with Crippen LogP contribution in [0.1, 0.15) is 25.3 Å². The molecule has 0 amide bonds. The van der Waals surface area contributed by atoms with E-state index >= 15 is 0 Å². The van der Waals surface area contributed by atoms with Crippen molar-refractivity contribution in [2.24, 2.45) is 5.92 Å². The van der Waals surface area contributed by atoms with Gasteiger partial charge in [0.2, 0.25) is 10.0 Å². The van der Waals surface area contributed by atoms with E-state index in [-0.39, 0.29) is 21.5 Å². The van der Waals surface area contributed by atoms with E-state index in [2.05, 4.69) is 0 Å². The Labute approximate surface area is 136 Å². The summed E-state index contributed by atoms with van der Waals surface area (Å²) in [5.41, 5.74) is 0.263. The predicted octanol–water partition coefficient (Wildman–Crippen LogP) is 2.65. The van der Waals surface area contributed by atoms with Gasteiger partial charge in [0.05, 0.1) is 22.1 Å². The quantitative estimate of drug-likeness (QED) is 0.763. The number of methoxy groups -OCH3 is 1. The summed E-state index contributed by atoms with van der Waals surface area (Å²) in [5.74, 6) is 0.403. The third kappa shape index (κ3) is 3.61. The lowest BCUT2D eigenvalue weighted by molar-refractivity contribution is 0.164. The summed E-state index contributed by atoms with van der Waals surface area (Å²) in [5, 5.41) is 9.04. The van der Waals surface area contributed by atoms with E-state index < -0.39 is 10.0 Å². The summed E-state index contributed by atoms with van der Waals surface area (Å²) in [6, 6.07) is 6.06. The van der Waals surface area contributed by atoms with E-state index in [4.69, 9.17) is 21.6 Å². The lowest BCUT2D eigenvalue weighted by atomic mass is 10.2. The van der Waals surface area contributed by atoms with Crippen LogP contribution in [-0.2, 0) is 14.8 Å². The molecule has 120 valence electrons. The molecule has 5 nitrogen and oxygen atoms in total. The SMILES string of the molecule is COCCN([C@H](C)C1CC1)S(=O)(=O)c1ccc(C#N)c(Cl)c1. The Balaban J connectivity index is 2.35. The van der Waals surface area contributed by atoms with Gasteiger partial charge in [-0.05, 0) is 43.9 Å². The molecule has 1 saturated carbocycles. The minimum Gasteiger partial charge on any atom is -0.383 e. The van der Waals surface area contributed by atoms with Crippen LogP contribution in [0, 0.1) is 17.2 Å². The van der Waals surface area contributed by atoms with Crippen molar-refractivity contribution >= 4 is 21.6 Å². The van der Waals surface area contributed by atoms with Gasteiger partial charge in [0.1, 0.15) is 6.07 Å². The fourth-order valence-corrected chi connectivity index (χ4v) is 4.41. The van der Waals surface area contributed by atoms with Gasteiger partial charge in [-0.1, -0.05) is 11.6 Å². The van der Waals surface area contributed by atoms with Gasteiger partial charge in [0.25, 0.3) is 0 Å². The second kappa shape index (κ2) is 6.97. The zero-order chi connectivity index (χ0) is 16.3. The predicted molar refractivity (Wildman–Crippen MR) is 84.1 cm³/mol. The zero-order valence-electron chi connectivity index (χ0n) is 12.6. The Morgan fingerprint density at radius 1 is 1.50 bits per heavy atom. The molecule has 0 aromatic heterocycles. The van der Waals surface area contributed by atoms with Gasteiger partial charge in [-0.15, -0.1) is 0 Å². The topological polar surface area (TPSA) is 70.4 Å². The van der Waals surface area contributed by atoms with Crippen molar-refractivity contribution in [2.75, 3.05) is 20.3 Å². The third-order valence-electron chi connectivity index (χ3n) is 3.94. The van der Waals surface area contributed by atoms with E-state index in [1.807, 2.05) is 13.0 Å². The number of nitrogens with zero attached hydrogens (tertiary/aromatic N) is 2. The zero-order valence-corrected chi connectivity index (χ0v) is 14.2. The fourth-order valence-electron chi connectivity index (χ4n) is 2.42. The number of sulfonamides is 1. The van der Waals surface area contributed by atoms with E-state index in [0.29, 0.717) is 19.1 Å². The third-order valence-corrected chi connectivity index (χ3v) is 6.24. The molecule has 0 spiro atoms. The molecule has 0 saturated heterocycles. The monoisotopic (exact) mass is 342 g/mol. The maximum atomic E-state index is 12.9. The van der Waals surface area contributed by atoms with Gasteiger partial charge in [-0.3, -0.25) is 0 Å². The van der Waals surface area contributed by atoms with Gasteiger partial charge in [0.15, 0.2) is 0 Å². The summed E-state index contributed by atoms with van der Waals surface area (Å²) in [6.07, 6.45) is 2.10. The fraction of sp³-hybridized carbons (Fsp3) is 0.533. The Morgan fingerprint density at radius 2 is 2.18 bits per heavy atom. The normalized spacial score (nSPS) is 16.5. The van der Waals surface area contributed by atoms with Crippen molar-refractivity contribution in [1.82, 2.24) is 4.31 Å². The highest BCUT2D eigenvalue weighted by Gasteiger charge is 2.38. The number of hydrogen-bond donors (Lipinski definition) is 0. The molecular weight excluding hydrogens is 324 g/mol. The van der Waals surface area contributed by atoms with Crippen LogP contribution in [-0.4, -0.2) is 39.0 Å². The van der Waals surface area contributed by atoms with E-state index in [1.165, 1.54) is 22.5 Å². The molecule has 0 aliphatic heterocycles. The van der Waals surface area contributed by atoms with Crippen molar-refractivity contribution in [3.05, 3.63) is 28.8 Å². The lowest BCUT2D eigenvalue weighted by Gasteiger charge is -2.28.